The third-order valence-electron chi connectivity index (χ3n) is 3.70. The van der Waals surface area contributed by atoms with E-state index < -0.39 is 0 Å². The van der Waals surface area contributed by atoms with E-state index in [1.54, 1.807) is 0 Å². The van der Waals surface area contributed by atoms with E-state index in [0.717, 1.165) is 37.0 Å². The SMILES string of the molecule is CC(C)CC1NCCC1C1CCOC1. The van der Waals surface area contributed by atoms with Crippen LogP contribution in [0.4, 0.5) is 0 Å². The molecule has 0 aromatic heterocycles. The van der Waals surface area contributed by atoms with E-state index >= 15 is 0 Å². The molecule has 3 unspecified atom stereocenters. The predicted molar refractivity (Wildman–Crippen MR) is 58.3 cm³/mol. The molecule has 0 aromatic rings. The number of hydrogen-bond donors (Lipinski definition) is 1. The summed E-state index contributed by atoms with van der Waals surface area (Å²) < 4.78 is 5.50. The van der Waals surface area contributed by atoms with Crippen LogP contribution in [0.3, 0.4) is 0 Å². The second-order valence-electron chi connectivity index (χ2n) is 5.27. The first-order chi connectivity index (χ1) is 6.77. The molecule has 2 aliphatic heterocycles. The van der Waals surface area contributed by atoms with Gasteiger partial charge in [-0.3, -0.25) is 0 Å². The molecule has 2 aliphatic rings. The van der Waals surface area contributed by atoms with Gasteiger partial charge in [0.2, 0.25) is 0 Å². The minimum absolute atomic E-state index is 0.765. The van der Waals surface area contributed by atoms with E-state index in [2.05, 4.69) is 19.2 Å². The largest absolute Gasteiger partial charge is 0.381 e. The lowest BCUT2D eigenvalue weighted by molar-refractivity contribution is 0.165. The van der Waals surface area contributed by atoms with Crippen LogP contribution in [0.2, 0.25) is 0 Å². The van der Waals surface area contributed by atoms with Crippen LogP contribution < -0.4 is 5.32 Å². The molecule has 0 saturated carbocycles. The summed E-state index contributed by atoms with van der Waals surface area (Å²) in [5.41, 5.74) is 0. The maximum absolute atomic E-state index is 5.50. The second-order valence-corrected chi connectivity index (χ2v) is 5.27. The molecule has 0 bridgehead atoms. The van der Waals surface area contributed by atoms with Gasteiger partial charge < -0.3 is 10.1 Å². The van der Waals surface area contributed by atoms with Gasteiger partial charge in [0.05, 0.1) is 0 Å². The zero-order valence-electron chi connectivity index (χ0n) is 9.46. The molecular formula is C12H23NO. The highest BCUT2D eigenvalue weighted by atomic mass is 16.5. The van der Waals surface area contributed by atoms with Gasteiger partial charge in [0.25, 0.3) is 0 Å². The summed E-state index contributed by atoms with van der Waals surface area (Å²) in [7, 11) is 0. The van der Waals surface area contributed by atoms with Crippen molar-refractivity contribution in [1.82, 2.24) is 5.32 Å². The first kappa shape index (κ1) is 10.4. The fraction of sp³-hybridized carbons (Fsp3) is 1.00. The lowest BCUT2D eigenvalue weighted by Crippen LogP contribution is -2.32. The van der Waals surface area contributed by atoms with Crippen molar-refractivity contribution in [2.75, 3.05) is 19.8 Å². The van der Waals surface area contributed by atoms with Crippen LogP contribution in [0.5, 0.6) is 0 Å². The molecule has 0 spiro atoms. The Labute approximate surface area is 87.4 Å². The topological polar surface area (TPSA) is 21.3 Å². The molecule has 0 amide bonds. The van der Waals surface area contributed by atoms with Gasteiger partial charge in [-0.05, 0) is 43.6 Å². The van der Waals surface area contributed by atoms with Gasteiger partial charge in [-0.15, -0.1) is 0 Å². The first-order valence-corrected chi connectivity index (χ1v) is 6.08. The molecular weight excluding hydrogens is 174 g/mol. The van der Waals surface area contributed by atoms with Crippen LogP contribution >= 0.6 is 0 Å². The molecule has 1 N–H and O–H groups in total. The fourth-order valence-corrected chi connectivity index (χ4v) is 3.01. The van der Waals surface area contributed by atoms with Crippen LogP contribution in [0.15, 0.2) is 0 Å². The van der Waals surface area contributed by atoms with Gasteiger partial charge in [-0.1, -0.05) is 13.8 Å². The highest BCUT2D eigenvalue weighted by Crippen LogP contribution is 2.32. The Bertz CT molecular complexity index is 175. The van der Waals surface area contributed by atoms with E-state index in [0.29, 0.717) is 0 Å². The number of nitrogens with one attached hydrogen (secondary N) is 1. The minimum Gasteiger partial charge on any atom is -0.381 e. The summed E-state index contributed by atoms with van der Waals surface area (Å²) in [6, 6.07) is 0.765. The minimum atomic E-state index is 0.765. The Morgan fingerprint density at radius 3 is 2.86 bits per heavy atom. The molecule has 2 saturated heterocycles. The van der Waals surface area contributed by atoms with Crippen LogP contribution in [0, 0.1) is 17.8 Å². The van der Waals surface area contributed by atoms with Gasteiger partial charge in [0.15, 0.2) is 0 Å². The number of ether oxygens (including phenoxy) is 1. The Hall–Kier alpha value is -0.0800. The maximum Gasteiger partial charge on any atom is 0.0498 e. The highest BCUT2D eigenvalue weighted by Gasteiger charge is 2.35. The summed E-state index contributed by atoms with van der Waals surface area (Å²) in [4.78, 5) is 0. The smallest absolute Gasteiger partial charge is 0.0498 e. The van der Waals surface area contributed by atoms with Crippen LogP contribution in [-0.2, 0) is 4.74 Å². The van der Waals surface area contributed by atoms with Crippen LogP contribution in [0.1, 0.15) is 33.1 Å². The Morgan fingerprint density at radius 2 is 2.21 bits per heavy atom. The summed E-state index contributed by atoms with van der Waals surface area (Å²) >= 11 is 0. The van der Waals surface area contributed by atoms with E-state index in [9.17, 15) is 0 Å². The molecule has 2 nitrogen and oxygen atoms in total. The van der Waals surface area contributed by atoms with Gasteiger partial charge >= 0.3 is 0 Å². The summed E-state index contributed by atoms with van der Waals surface area (Å²) in [5, 5.41) is 3.66. The average Bonchev–Trinajstić information content (AvgIpc) is 2.70. The molecule has 2 heteroatoms. The van der Waals surface area contributed by atoms with Crippen molar-refractivity contribution in [3.05, 3.63) is 0 Å². The fourth-order valence-electron chi connectivity index (χ4n) is 3.01. The van der Waals surface area contributed by atoms with Crippen molar-refractivity contribution in [2.45, 2.75) is 39.2 Å². The number of rotatable bonds is 3. The van der Waals surface area contributed by atoms with Gasteiger partial charge in [0, 0.05) is 19.3 Å². The summed E-state index contributed by atoms with van der Waals surface area (Å²) in [5.74, 6) is 2.55. The zero-order valence-corrected chi connectivity index (χ0v) is 9.46. The van der Waals surface area contributed by atoms with Gasteiger partial charge in [-0.25, -0.2) is 0 Å². The summed E-state index contributed by atoms with van der Waals surface area (Å²) in [6.07, 6.45) is 3.99. The third kappa shape index (κ3) is 2.29. The molecule has 0 aliphatic carbocycles. The number of hydrogen-bond acceptors (Lipinski definition) is 2. The summed E-state index contributed by atoms with van der Waals surface area (Å²) in [6.45, 7) is 7.87. The Kier molecular flexibility index (Phi) is 3.45. The van der Waals surface area contributed by atoms with Gasteiger partial charge in [-0.2, -0.15) is 0 Å². The van der Waals surface area contributed by atoms with Gasteiger partial charge in [0.1, 0.15) is 0 Å². The molecule has 2 heterocycles. The quantitative estimate of drug-likeness (QED) is 0.747. The van der Waals surface area contributed by atoms with Crippen molar-refractivity contribution >= 4 is 0 Å². The molecule has 2 fully saturated rings. The van der Waals surface area contributed by atoms with Crippen molar-refractivity contribution in [3.63, 3.8) is 0 Å². The monoisotopic (exact) mass is 197 g/mol. The predicted octanol–water partition coefficient (Wildman–Crippen LogP) is 2.05. The standard InChI is InChI=1S/C12H23NO/c1-9(2)7-12-11(3-5-13-12)10-4-6-14-8-10/h9-13H,3-8H2,1-2H3. The van der Waals surface area contributed by atoms with Crippen LogP contribution in [0.25, 0.3) is 0 Å². The molecule has 0 aromatic carbocycles. The molecule has 82 valence electrons. The van der Waals surface area contributed by atoms with Crippen molar-refractivity contribution in [1.29, 1.82) is 0 Å². The zero-order chi connectivity index (χ0) is 9.97. The van der Waals surface area contributed by atoms with E-state index in [1.807, 2.05) is 0 Å². The van der Waals surface area contributed by atoms with E-state index in [-0.39, 0.29) is 0 Å². The molecule has 0 radical (unpaired) electrons. The normalized spacial score (nSPS) is 38.4. The second kappa shape index (κ2) is 4.63. The lowest BCUT2D eigenvalue weighted by atomic mass is 9.82. The van der Waals surface area contributed by atoms with Crippen molar-refractivity contribution in [3.8, 4) is 0 Å². The Balaban J connectivity index is 1.89. The lowest BCUT2D eigenvalue weighted by Gasteiger charge is -2.25. The third-order valence-corrected chi connectivity index (χ3v) is 3.70. The average molecular weight is 197 g/mol. The van der Waals surface area contributed by atoms with Crippen molar-refractivity contribution < 1.29 is 4.74 Å². The first-order valence-electron chi connectivity index (χ1n) is 6.08. The highest BCUT2D eigenvalue weighted by molar-refractivity contribution is 4.89. The van der Waals surface area contributed by atoms with Crippen LogP contribution in [-0.4, -0.2) is 25.8 Å². The maximum atomic E-state index is 5.50. The van der Waals surface area contributed by atoms with Crippen molar-refractivity contribution in [2.24, 2.45) is 17.8 Å². The molecule has 14 heavy (non-hydrogen) atoms. The van der Waals surface area contributed by atoms with E-state index in [1.165, 1.54) is 25.8 Å². The Morgan fingerprint density at radius 1 is 1.36 bits per heavy atom. The van der Waals surface area contributed by atoms with E-state index in [4.69, 9.17) is 4.74 Å². The molecule has 3 atom stereocenters. The molecule has 2 rings (SSSR count).